The van der Waals surface area contributed by atoms with E-state index in [9.17, 15) is 9.59 Å². The molecule has 0 saturated carbocycles. The molecule has 172 valence electrons. The largest absolute Gasteiger partial charge is 0.493 e. The SMILES string of the molecule is COc1cc(/C=C2/N=C(c3ccc(C(C)(C)C)cc3)OC2=O)ccc1OC(=O)c1ccccc1. The van der Waals surface area contributed by atoms with E-state index in [0.29, 0.717) is 16.9 Å². The summed E-state index contributed by atoms with van der Waals surface area (Å²) in [6, 6.07) is 21.5. The molecule has 3 aromatic carbocycles. The molecule has 6 heteroatoms. The van der Waals surface area contributed by atoms with Crippen molar-refractivity contribution in [3.63, 3.8) is 0 Å². The molecule has 1 heterocycles. The van der Waals surface area contributed by atoms with Crippen LogP contribution < -0.4 is 9.47 Å². The highest BCUT2D eigenvalue weighted by atomic mass is 16.6. The fraction of sp³-hybridized carbons (Fsp3) is 0.179. The van der Waals surface area contributed by atoms with Gasteiger partial charge in [-0.05, 0) is 59.0 Å². The zero-order chi connectivity index (χ0) is 24.3. The normalized spacial score (nSPS) is 14.5. The molecule has 0 aromatic heterocycles. The standard InChI is InChI=1S/C28H25NO5/c1-28(2,3)21-13-11-19(12-14-21)25-29-22(27(31)34-25)16-18-10-15-23(24(17-18)32-4)33-26(30)20-8-6-5-7-9-20/h5-17H,1-4H3/b22-16+. The smallest absolute Gasteiger partial charge is 0.363 e. The molecular weight excluding hydrogens is 430 g/mol. The number of carbonyl (C=O) groups excluding carboxylic acids is 2. The Labute approximate surface area is 198 Å². The van der Waals surface area contributed by atoms with E-state index in [-0.39, 0.29) is 22.8 Å². The van der Waals surface area contributed by atoms with Gasteiger partial charge < -0.3 is 14.2 Å². The van der Waals surface area contributed by atoms with Crippen molar-refractivity contribution in [1.82, 2.24) is 0 Å². The van der Waals surface area contributed by atoms with Gasteiger partial charge in [-0.1, -0.05) is 57.2 Å². The summed E-state index contributed by atoms with van der Waals surface area (Å²) < 4.78 is 16.2. The van der Waals surface area contributed by atoms with Gasteiger partial charge >= 0.3 is 11.9 Å². The molecule has 34 heavy (non-hydrogen) atoms. The van der Waals surface area contributed by atoms with Crippen LogP contribution in [0.3, 0.4) is 0 Å². The molecule has 0 saturated heterocycles. The number of esters is 2. The third-order valence-corrected chi connectivity index (χ3v) is 5.32. The quantitative estimate of drug-likeness (QED) is 0.286. The first-order valence-electron chi connectivity index (χ1n) is 10.8. The number of cyclic esters (lactones) is 1. The topological polar surface area (TPSA) is 74.2 Å². The number of carbonyl (C=O) groups is 2. The van der Waals surface area contributed by atoms with Crippen molar-refractivity contribution in [2.45, 2.75) is 26.2 Å². The van der Waals surface area contributed by atoms with Gasteiger partial charge in [0.1, 0.15) is 0 Å². The van der Waals surface area contributed by atoms with Crippen molar-refractivity contribution < 1.29 is 23.8 Å². The zero-order valence-corrected chi connectivity index (χ0v) is 19.5. The van der Waals surface area contributed by atoms with Crippen molar-refractivity contribution in [2.24, 2.45) is 4.99 Å². The van der Waals surface area contributed by atoms with Crippen LogP contribution in [0.5, 0.6) is 11.5 Å². The van der Waals surface area contributed by atoms with E-state index in [0.717, 1.165) is 5.56 Å². The average molecular weight is 456 g/mol. The van der Waals surface area contributed by atoms with Gasteiger partial charge in [-0.3, -0.25) is 0 Å². The highest BCUT2D eigenvalue weighted by Gasteiger charge is 2.25. The monoisotopic (exact) mass is 455 g/mol. The van der Waals surface area contributed by atoms with Gasteiger partial charge in [0.2, 0.25) is 5.90 Å². The summed E-state index contributed by atoms with van der Waals surface area (Å²) in [5.41, 5.74) is 3.19. The molecule has 0 spiro atoms. The third-order valence-electron chi connectivity index (χ3n) is 5.32. The number of methoxy groups -OCH3 is 1. The fourth-order valence-electron chi connectivity index (χ4n) is 3.39. The highest BCUT2D eigenvalue weighted by Crippen LogP contribution is 2.31. The lowest BCUT2D eigenvalue weighted by Crippen LogP contribution is -2.11. The van der Waals surface area contributed by atoms with Gasteiger partial charge in [-0.25, -0.2) is 14.6 Å². The first-order valence-corrected chi connectivity index (χ1v) is 10.8. The van der Waals surface area contributed by atoms with Crippen LogP contribution in [0.25, 0.3) is 6.08 Å². The zero-order valence-electron chi connectivity index (χ0n) is 19.5. The van der Waals surface area contributed by atoms with Crippen LogP contribution in [0.4, 0.5) is 0 Å². The van der Waals surface area contributed by atoms with Gasteiger partial charge in [-0.2, -0.15) is 0 Å². The van der Waals surface area contributed by atoms with Gasteiger partial charge in [0.25, 0.3) is 0 Å². The Bertz CT molecular complexity index is 1280. The van der Waals surface area contributed by atoms with E-state index in [1.165, 1.54) is 12.7 Å². The third kappa shape index (κ3) is 5.07. The molecule has 0 fully saturated rings. The molecule has 1 aliphatic rings. The summed E-state index contributed by atoms with van der Waals surface area (Å²) in [6.45, 7) is 6.41. The van der Waals surface area contributed by atoms with E-state index in [1.54, 1.807) is 48.5 Å². The van der Waals surface area contributed by atoms with E-state index in [2.05, 4.69) is 25.8 Å². The maximum absolute atomic E-state index is 12.4. The summed E-state index contributed by atoms with van der Waals surface area (Å²) in [5, 5.41) is 0. The summed E-state index contributed by atoms with van der Waals surface area (Å²) in [6.07, 6.45) is 1.60. The number of rotatable bonds is 5. The molecule has 0 radical (unpaired) electrons. The molecule has 0 atom stereocenters. The minimum atomic E-state index is -0.534. The fourth-order valence-corrected chi connectivity index (χ4v) is 3.39. The lowest BCUT2D eigenvalue weighted by molar-refractivity contribution is -0.129. The summed E-state index contributed by atoms with van der Waals surface area (Å²) in [5.74, 6) is -0.135. The van der Waals surface area contributed by atoms with Gasteiger partial charge in [0.05, 0.1) is 12.7 Å². The van der Waals surface area contributed by atoms with Gasteiger partial charge in [-0.15, -0.1) is 0 Å². The molecular formula is C28H25NO5. The molecule has 0 amide bonds. The van der Waals surface area contributed by atoms with E-state index >= 15 is 0 Å². The second-order valence-corrected chi connectivity index (χ2v) is 8.83. The highest BCUT2D eigenvalue weighted by molar-refractivity contribution is 6.12. The maximum Gasteiger partial charge on any atom is 0.363 e. The Hall–Kier alpha value is -4.19. The van der Waals surface area contributed by atoms with E-state index in [4.69, 9.17) is 14.2 Å². The summed E-state index contributed by atoms with van der Waals surface area (Å²) in [4.78, 5) is 29.1. The van der Waals surface area contributed by atoms with Crippen molar-refractivity contribution in [2.75, 3.05) is 7.11 Å². The maximum atomic E-state index is 12.4. The van der Waals surface area contributed by atoms with Crippen LogP contribution in [0, 0.1) is 0 Å². The van der Waals surface area contributed by atoms with Gasteiger partial charge in [0, 0.05) is 5.56 Å². The molecule has 0 aliphatic carbocycles. The van der Waals surface area contributed by atoms with Crippen LogP contribution in [-0.4, -0.2) is 24.9 Å². The van der Waals surface area contributed by atoms with Crippen molar-refractivity contribution in [1.29, 1.82) is 0 Å². The average Bonchev–Trinajstić information content (AvgIpc) is 3.20. The Morgan fingerprint density at radius 1 is 0.941 bits per heavy atom. The number of hydrogen-bond donors (Lipinski definition) is 0. The molecule has 4 rings (SSSR count). The van der Waals surface area contributed by atoms with Crippen LogP contribution in [0.2, 0.25) is 0 Å². The molecule has 0 unspecified atom stereocenters. The van der Waals surface area contributed by atoms with Crippen LogP contribution in [0.15, 0.2) is 83.5 Å². The minimum Gasteiger partial charge on any atom is -0.493 e. The Morgan fingerprint density at radius 2 is 1.65 bits per heavy atom. The summed E-state index contributed by atoms with van der Waals surface area (Å²) >= 11 is 0. The van der Waals surface area contributed by atoms with Crippen molar-refractivity contribution in [3.05, 3.63) is 101 Å². The number of ether oxygens (including phenoxy) is 3. The van der Waals surface area contributed by atoms with Crippen molar-refractivity contribution >= 4 is 23.9 Å². The van der Waals surface area contributed by atoms with Crippen LogP contribution in [0.1, 0.15) is 47.8 Å². The van der Waals surface area contributed by atoms with Crippen molar-refractivity contribution in [3.8, 4) is 11.5 Å². The predicted octanol–water partition coefficient (Wildman–Crippen LogP) is 5.56. The first-order chi connectivity index (χ1) is 16.2. The predicted molar refractivity (Wildman–Crippen MR) is 130 cm³/mol. The number of aliphatic imine (C=N–C) groups is 1. The van der Waals surface area contributed by atoms with Gasteiger partial charge in [0.15, 0.2) is 17.2 Å². The first kappa shape index (κ1) is 23.0. The lowest BCUT2D eigenvalue weighted by Gasteiger charge is -2.18. The molecule has 6 nitrogen and oxygen atoms in total. The molecule has 0 N–H and O–H groups in total. The molecule has 0 bridgehead atoms. The Kier molecular flexibility index (Phi) is 6.32. The minimum absolute atomic E-state index is 0.0262. The molecule has 1 aliphatic heterocycles. The second kappa shape index (κ2) is 9.35. The molecule has 3 aromatic rings. The summed E-state index contributed by atoms with van der Waals surface area (Å²) in [7, 11) is 1.48. The second-order valence-electron chi connectivity index (χ2n) is 8.83. The van der Waals surface area contributed by atoms with Crippen LogP contribution in [-0.2, 0) is 14.9 Å². The Morgan fingerprint density at radius 3 is 2.29 bits per heavy atom. The number of hydrogen-bond acceptors (Lipinski definition) is 6. The van der Waals surface area contributed by atoms with E-state index in [1.807, 2.05) is 30.3 Å². The van der Waals surface area contributed by atoms with E-state index < -0.39 is 11.9 Å². The number of benzene rings is 3. The Balaban J connectivity index is 1.55. The lowest BCUT2D eigenvalue weighted by atomic mass is 9.87. The number of nitrogens with zero attached hydrogens (tertiary/aromatic N) is 1. The van der Waals surface area contributed by atoms with Crippen LogP contribution >= 0.6 is 0 Å².